The number of ketones is 1. The predicted molar refractivity (Wildman–Crippen MR) is 209 cm³/mol. The third-order valence-corrected chi connectivity index (χ3v) is 10.8. The van der Waals surface area contributed by atoms with Gasteiger partial charge in [-0.2, -0.15) is 0 Å². The van der Waals surface area contributed by atoms with Gasteiger partial charge in [0.25, 0.3) is 5.91 Å². The van der Waals surface area contributed by atoms with Gasteiger partial charge in [0.1, 0.15) is 17.8 Å². The summed E-state index contributed by atoms with van der Waals surface area (Å²) < 4.78 is 17.9. The maximum Gasteiger partial charge on any atom is 0.330 e. The second kappa shape index (κ2) is 21.4. The van der Waals surface area contributed by atoms with Crippen molar-refractivity contribution < 1.29 is 52.9 Å². The van der Waals surface area contributed by atoms with Crippen LogP contribution in [0.15, 0.2) is 54.6 Å². The van der Waals surface area contributed by atoms with Gasteiger partial charge in [-0.3, -0.25) is 28.8 Å². The molecule has 6 atom stereocenters. The fourth-order valence-electron chi connectivity index (χ4n) is 7.84. The zero-order valence-corrected chi connectivity index (χ0v) is 33.1. The van der Waals surface area contributed by atoms with Gasteiger partial charge < -0.3 is 45.5 Å². The molecule has 16 nitrogen and oxygen atoms in total. The predicted octanol–water partition coefficient (Wildman–Crippen LogP) is 2.34. The Hall–Kier alpha value is -5.35. The molecule has 58 heavy (non-hydrogen) atoms. The van der Waals surface area contributed by atoms with Crippen LogP contribution in [0.1, 0.15) is 88.3 Å². The van der Waals surface area contributed by atoms with E-state index < -0.39 is 78.5 Å². The first-order valence-electron chi connectivity index (χ1n) is 20.2. The first kappa shape index (κ1) is 43.8. The van der Waals surface area contributed by atoms with Gasteiger partial charge in [0.05, 0.1) is 31.7 Å². The maximum atomic E-state index is 14.7. The molecule has 2 fully saturated rings. The third kappa shape index (κ3) is 12.1. The summed E-state index contributed by atoms with van der Waals surface area (Å²) in [5, 5.41) is 19.9. The van der Waals surface area contributed by atoms with Crippen molar-refractivity contribution in [2.45, 2.75) is 114 Å². The first-order valence-corrected chi connectivity index (χ1v) is 20.2. The van der Waals surface area contributed by atoms with E-state index in [2.05, 4.69) is 21.3 Å². The van der Waals surface area contributed by atoms with Crippen LogP contribution in [-0.4, -0.2) is 109 Å². The van der Waals surface area contributed by atoms with Gasteiger partial charge in [0, 0.05) is 26.5 Å². The van der Waals surface area contributed by atoms with Gasteiger partial charge in [-0.1, -0.05) is 75.1 Å². The SMILES string of the molecule is CCC[C@H](NC(=O)C1C[C@@H]2CN1C(=O)[C@@H](C1CCCCC1)NC(=O)Cc1cccc(c1)OCCCC(OC)O2)C(=O)C(=O)NCC(=O)N[C@H](C(=O)O)c1ccccc1. The molecule has 2 aromatic carbocycles. The van der Waals surface area contributed by atoms with E-state index in [1.165, 1.54) is 24.1 Å². The second-order valence-corrected chi connectivity index (χ2v) is 15.1. The molecule has 5 amide bonds. The molecule has 1 aliphatic carbocycles. The average Bonchev–Trinajstić information content (AvgIpc) is 3.65. The zero-order chi connectivity index (χ0) is 41.6. The van der Waals surface area contributed by atoms with Crippen molar-refractivity contribution in [2.24, 2.45) is 5.92 Å². The molecule has 16 heteroatoms. The van der Waals surface area contributed by atoms with Gasteiger partial charge in [0.15, 0.2) is 12.3 Å². The van der Waals surface area contributed by atoms with Crippen molar-refractivity contribution >= 4 is 41.3 Å². The van der Waals surface area contributed by atoms with E-state index >= 15 is 0 Å². The van der Waals surface area contributed by atoms with E-state index in [0.29, 0.717) is 37.2 Å². The zero-order valence-electron chi connectivity index (χ0n) is 33.1. The number of ether oxygens (including phenoxy) is 3. The molecule has 0 radical (unpaired) electrons. The van der Waals surface area contributed by atoms with Gasteiger partial charge in [-0.05, 0) is 54.9 Å². The van der Waals surface area contributed by atoms with Crippen molar-refractivity contribution in [1.82, 2.24) is 26.2 Å². The number of carbonyl (C=O) groups is 7. The lowest BCUT2D eigenvalue weighted by atomic mass is 9.83. The lowest BCUT2D eigenvalue weighted by Gasteiger charge is -2.35. The fraction of sp³-hybridized carbons (Fsp3) is 0.548. The van der Waals surface area contributed by atoms with Crippen LogP contribution in [0.3, 0.4) is 0 Å². The highest BCUT2D eigenvalue weighted by Crippen LogP contribution is 2.31. The summed E-state index contributed by atoms with van der Waals surface area (Å²) in [6, 6.07) is 10.6. The summed E-state index contributed by atoms with van der Waals surface area (Å²) in [6.07, 6.45) is 4.55. The number of rotatable bonds is 13. The Morgan fingerprint density at radius 3 is 2.43 bits per heavy atom. The molecular weight excluding hydrogens is 750 g/mol. The van der Waals surface area contributed by atoms with Crippen LogP contribution in [0, 0.1) is 5.92 Å². The number of amides is 5. The molecule has 2 unspecified atom stereocenters. The lowest BCUT2D eigenvalue weighted by Crippen LogP contribution is -2.58. The Balaban J connectivity index is 1.32. The number of benzene rings is 2. The number of hydrogen-bond donors (Lipinski definition) is 5. The molecular formula is C42H55N5O11. The number of fused-ring (bicyclic) bond motifs is 4. The summed E-state index contributed by atoms with van der Waals surface area (Å²) in [5.41, 5.74) is 1.04. The van der Waals surface area contributed by atoms with Crippen molar-refractivity contribution in [1.29, 1.82) is 0 Å². The number of carboxylic acids is 1. The monoisotopic (exact) mass is 805 g/mol. The summed E-state index contributed by atoms with van der Waals surface area (Å²) in [6.45, 7) is 1.47. The minimum atomic E-state index is -1.38. The molecule has 5 rings (SSSR count). The highest BCUT2D eigenvalue weighted by Gasteiger charge is 2.46. The molecule has 1 saturated heterocycles. The fourth-order valence-corrected chi connectivity index (χ4v) is 7.84. The van der Waals surface area contributed by atoms with Crippen molar-refractivity contribution in [3.63, 3.8) is 0 Å². The summed E-state index contributed by atoms with van der Waals surface area (Å²) >= 11 is 0. The minimum Gasteiger partial charge on any atom is -0.494 e. The Kier molecular flexibility index (Phi) is 16.2. The number of hydrogen-bond acceptors (Lipinski definition) is 10. The van der Waals surface area contributed by atoms with E-state index in [9.17, 15) is 38.7 Å². The smallest absolute Gasteiger partial charge is 0.330 e. The standard InChI is InChI=1S/C42H55N5O11/c1-3-12-31(38(50)40(52)43-24-34(49)46-37(42(54)55)28-16-8-5-9-17-28)44-39(51)32-23-30-25-47(32)41(53)36(27-14-6-4-7-15-27)45-33(48)22-26-13-10-18-29(21-26)57-20-11-19-35(56-2)58-30/h5,8-10,13,16-18,21,27,30-32,35-37H,3-4,6-7,11-12,14-15,19-20,22-25H2,1-2H3,(H,43,52)(H,44,51)(H,45,48)(H,46,49)(H,54,55)/t30-,31+,32?,35?,36-,37+/m1/s1. The third-order valence-electron chi connectivity index (χ3n) is 10.8. The average molecular weight is 806 g/mol. The summed E-state index contributed by atoms with van der Waals surface area (Å²) in [7, 11) is 1.51. The maximum absolute atomic E-state index is 14.7. The number of carbonyl (C=O) groups excluding carboxylic acids is 6. The topological polar surface area (TPSA) is 219 Å². The van der Waals surface area contributed by atoms with Crippen LogP contribution in [-0.2, 0) is 49.5 Å². The van der Waals surface area contributed by atoms with Crippen molar-refractivity contribution in [2.75, 3.05) is 26.8 Å². The highest BCUT2D eigenvalue weighted by molar-refractivity contribution is 6.38. The largest absolute Gasteiger partial charge is 0.494 e. The molecule has 1 saturated carbocycles. The molecule has 0 aromatic heterocycles. The minimum absolute atomic E-state index is 0.0206. The van der Waals surface area contributed by atoms with Crippen LogP contribution < -0.4 is 26.0 Å². The van der Waals surface area contributed by atoms with Crippen molar-refractivity contribution in [3.05, 3.63) is 65.7 Å². The number of nitrogens with one attached hydrogen (secondary N) is 4. The van der Waals surface area contributed by atoms with E-state index in [1.807, 2.05) is 18.2 Å². The number of nitrogens with zero attached hydrogens (tertiary/aromatic N) is 1. The molecule has 5 N–H and O–H groups in total. The van der Waals surface area contributed by atoms with Gasteiger partial charge in [0.2, 0.25) is 29.4 Å². The van der Waals surface area contributed by atoms with Crippen LogP contribution in [0.25, 0.3) is 0 Å². The van der Waals surface area contributed by atoms with Crippen LogP contribution >= 0.6 is 0 Å². The van der Waals surface area contributed by atoms with E-state index in [0.717, 1.165) is 37.7 Å². The Labute approximate surface area is 338 Å². The quantitative estimate of drug-likeness (QED) is 0.185. The summed E-state index contributed by atoms with van der Waals surface area (Å²) in [4.78, 5) is 94.9. The van der Waals surface area contributed by atoms with Crippen LogP contribution in [0.5, 0.6) is 5.75 Å². The van der Waals surface area contributed by atoms with E-state index in [-0.39, 0.29) is 37.6 Å². The van der Waals surface area contributed by atoms with Gasteiger partial charge >= 0.3 is 5.97 Å². The molecule has 3 aliphatic rings. The molecule has 2 aliphatic heterocycles. The number of aliphatic carboxylic acids is 1. The Morgan fingerprint density at radius 1 is 0.966 bits per heavy atom. The van der Waals surface area contributed by atoms with Gasteiger partial charge in [-0.15, -0.1) is 0 Å². The molecule has 0 spiro atoms. The molecule has 314 valence electrons. The number of methoxy groups -OCH3 is 1. The van der Waals surface area contributed by atoms with Crippen LogP contribution in [0.2, 0.25) is 0 Å². The number of carboxylic acid groups (broad SMARTS) is 1. The lowest BCUT2D eigenvalue weighted by molar-refractivity contribution is -0.158. The molecule has 4 bridgehead atoms. The second-order valence-electron chi connectivity index (χ2n) is 15.1. The first-order chi connectivity index (χ1) is 28.0. The van der Waals surface area contributed by atoms with Crippen molar-refractivity contribution in [3.8, 4) is 5.75 Å². The van der Waals surface area contributed by atoms with Gasteiger partial charge in [-0.25, -0.2) is 4.79 Å². The van der Waals surface area contributed by atoms with E-state index in [1.54, 1.807) is 31.2 Å². The van der Waals surface area contributed by atoms with E-state index in [4.69, 9.17) is 14.2 Å². The normalized spacial score (nSPS) is 23.0. The van der Waals surface area contributed by atoms with Crippen LogP contribution in [0.4, 0.5) is 0 Å². The highest BCUT2D eigenvalue weighted by atomic mass is 16.7. The summed E-state index contributed by atoms with van der Waals surface area (Å²) in [5.74, 6) is -5.29. The Bertz CT molecular complexity index is 1770. The number of Topliss-reactive ketones (excluding diaryl/α,β-unsaturated/α-hetero) is 1. The molecule has 2 aromatic rings. The Morgan fingerprint density at radius 2 is 1.72 bits per heavy atom. The molecule has 2 heterocycles.